The van der Waals surface area contributed by atoms with Gasteiger partial charge in [-0.3, -0.25) is 0 Å². The molecule has 1 aliphatic rings. The standard InChI is InChI=1S/C8H12.C4H14O7Si2.C2H6.2CH3.Pt/c1-2-4-6-8-7-5-3-1;1-7-12(5,8-2)11-13(6,9-3)10-4;1-2;;;/h1-2,7-8H,3-6H2;5-6H,1-4H3;1-2H3;2*1H3;/q;;;2*-1;+2/b2-1-,8-7?;;;;;. The number of hydrogen-bond acceptors (Lipinski definition) is 7. The van der Waals surface area contributed by atoms with E-state index in [1.54, 1.807) is 0 Å². The van der Waals surface area contributed by atoms with Gasteiger partial charge < -0.3 is 46.3 Å². The van der Waals surface area contributed by atoms with Gasteiger partial charge in [0.15, 0.2) is 0 Å². The summed E-state index contributed by atoms with van der Waals surface area (Å²) < 4.78 is 22.9. The van der Waals surface area contributed by atoms with Crippen LogP contribution in [0.5, 0.6) is 0 Å². The third-order valence-corrected chi connectivity index (χ3v) is 6.75. The molecule has 7 nitrogen and oxygen atoms in total. The molecule has 0 bridgehead atoms. The van der Waals surface area contributed by atoms with E-state index < -0.39 is 18.1 Å². The Hall–Kier alpha value is 0.322. The molecular weight excluding hydrogens is 555 g/mol. The van der Waals surface area contributed by atoms with Crippen LogP contribution in [0.2, 0.25) is 0 Å². The monoisotopic (exact) mass is 593 g/mol. The Morgan fingerprint density at radius 1 is 0.615 bits per heavy atom. The van der Waals surface area contributed by atoms with Crippen LogP contribution in [0.3, 0.4) is 0 Å². The summed E-state index contributed by atoms with van der Waals surface area (Å²) in [6, 6.07) is 0. The van der Waals surface area contributed by atoms with Gasteiger partial charge in [0, 0.05) is 28.4 Å². The first kappa shape index (κ1) is 37.1. The van der Waals surface area contributed by atoms with E-state index >= 15 is 0 Å². The van der Waals surface area contributed by atoms with Gasteiger partial charge in [0.1, 0.15) is 0 Å². The van der Waals surface area contributed by atoms with Gasteiger partial charge in [0.05, 0.1) is 0 Å². The third kappa shape index (κ3) is 19.1. The van der Waals surface area contributed by atoms with E-state index in [1.807, 2.05) is 13.8 Å². The molecule has 0 fully saturated rings. The zero-order valence-corrected chi connectivity index (χ0v) is 21.7. The van der Waals surface area contributed by atoms with Crippen LogP contribution >= 0.6 is 0 Å². The largest absolute Gasteiger partial charge is 2.00 e. The van der Waals surface area contributed by atoms with Gasteiger partial charge in [-0.2, -0.15) is 0 Å². The summed E-state index contributed by atoms with van der Waals surface area (Å²) in [7, 11) is -2.86. The molecule has 2 N–H and O–H groups in total. The predicted octanol–water partition coefficient (Wildman–Crippen LogP) is 3.04. The van der Waals surface area contributed by atoms with Gasteiger partial charge in [-0.15, -0.1) is 0 Å². The minimum atomic E-state index is -3.81. The van der Waals surface area contributed by atoms with Crippen LogP contribution in [0, 0.1) is 14.9 Å². The first-order chi connectivity index (χ1) is 10.9. The summed E-state index contributed by atoms with van der Waals surface area (Å²) in [6.45, 7) is 4.00. The van der Waals surface area contributed by atoms with E-state index in [9.17, 15) is 9.59 Å². The second-order valence-electron chi connectivity index (χ2n) is 4.06. The molecule has 26 heavy (non-hydrogen) atoms. The molecule has 0 spiro atoms. The molecule has 10 heteroatoms. The van der Waals surface area contributed by atoms with E-state index in [-0.39, 0.29) is 35.9 Å². The van der Waals surface area contributed by atoms with E-state index in [4.69, 9.17) is 4.12 Å². The molecular formula is C16H38O7PtSi2. The SMILES string of the molecule is C1=CCC/C=C\CC1.CC.CO[Si](O)(OC)O[Si](O)(OC)OC.[CH3-].[CH3-].[Pt+2]. The van der Waals surface area contributed by atoms with Crippen LogP contribution in [0.1, 0.15) is 39.5 Å². The Balaban J connectivity index is -0.0000000986. The molecule has 0 aromatic rings. The molecule has 0 atom stereocenters. The van der Waals surface area contributed by atoms with Crippen molar-refractivity contribution in [3.63, 3.8) is 0 Å². The fourth-order valence-electron chi connectivity index (χ4n) is 1.35. The van der Waals surface area contributed by atoms with Gasteiger partial charge in [-0.25, -0.2) is 0 Å². The molecule has 0 unspecified atom stereocenters. The minimum Gasteiger partial charge on any atom is -0.368 e. The summed E-state index contributed by atoms with van der Waals surface area (Å²) in [6.07, 6.45) is 14.0. The molecule has 0 aromatic heterocycles. The van der Waals surface area contributed by atoms with Crippen LogP contribution in [0.25, 0.3) is 0 Å². The topological polar surface area (TPSA) is 86.6 Å². The van der Waals surface area contributed by atoms with Crippen molar-refractivity contribution in [2.75, 3.05) is 28.4 Å². The predicted molar refractivity (Wildman–Crippen MR) is 106 cm³/mol. The van der Waals surface area contributed by atoms with Crippen molar-refractivity contribution in [3.8, 4) is 0 Å². The second-order valence-corrected chi connectivity index (χ2v) is 8.61. The van der Waals surface area contributed by atoms with Crippen molar-refractivity contribution in [1.82, 2.24) is 0 Å². The summed E-state index contributed by atoms with van der Waals surface area (Å²) in [5.74, 6) is 0. The third-order valence-electron chi connectivity index (χ3n) is 2.62. The summed E-state index contributed by atoms with van der Waals surface area (Å²) in [5.41, 5.74) is 0. The van der Waals surface area contributed by atoms with Crippen molar-refractivity contribution in [2.45, 2.75) is 39.5 Å². The Bertz CT molecular complexity index is 282. The fourth-order valence-corrected chi connectivity index (χ4v) is 4.32. The van der Waals surface area contributed by atoms with Gasteiger partial charge in [-0.1, -0.05) is 38.2 Å². The first-order valence-corrected chi connectivity index (χ1v) is 10.9. The number of rotatable bonds is 6. The van der Waals surface area contributed by atoms with Gasteiger partial charge in [0.25, 0.3) is 0 Å². The molecule has 0 heterocycles. The molecule has 1 rings (SSSR count). The molecule has 0 saturated carbocycles. The Labute approximate surface area is 177 Å². The number of allylic oxidation sites excluding steroid dienone is 4. The van der Waals surface area contributed by atoms with Gasteiger partial charge in [-0.05, 0) is 25.7 Å². The van der Waals surface area contributed by atoms with Crippen molar-refractivity contribution in [1.29, 1.82) is 0 Å². The molecule has 0 saturated heterocycles. The summed E-state index contributed by atoms with van der Waals surface area (Å²) in [4.78, 5) is 18.8. The molecule has 0 aromatic carbocycles. The van der Waals surface area contributed by atoms with Crippen LogP contribution in [0.4, 0.5) is 0 Å². The quantitative estimate of drug-likeness (QED) is 0.278. The average Bonchev–Trinajstić information content (AvgIpc) is 2.56. The maximum atomic E-state index is 9.41. The summed E-state index contributed by atoms with van der Waals surface area (Å²) in [5, 5.41) is 0. The van der Waals surface area contributed by atoms with Crippen molar-refractivity contribution >= 4 is 18.1 Å². The van der Waals surface area contributed by atoms with E-state index in [0.29, 0.717) is 0 Å². The zero-order chi connectivity index (χ0) is 18.2. The minimum absolute atomic E-state index is 0. The van der Waals surface area contributed by atoms with E-state index in [1.165, 1.54) is 54.1 Å². The maximum absolute atomic E-state index is 9.41. The van der Waals surface area contributed by atoms with Gasteiger partial charge in [0.2, 0.25) is 0 Å². The Kier molecular flexibility index (Phi) is 33.4. The molecule has 1 aliphatic carbocycles. The van der Waals surface area contributed by atoms with Crippen molar-refractivity contribution in [2.24, 2.45) is 0 Å². The average molecular weight is 594 g/mol. The second kappa shape index (κ2) is 23.4. The fraction of sp³-hybridized carbons (Fsp3) is 0.625. The van der Waals surface area contributed by atoms with Crippen LogP contribution in [-0.4, -0.2) is 56.1 Å². The Morgan fingerprint density at radius 2 is 0.808 bits per heavy atom. The smallest absolute Gasteiger partial charge is 0.368 e. The summed E-state index contributed by atoms with van der Waals surface area (Å²) >= 11 is 0. The van der Waals surface area contributed by atoms with Crippen LogP contribution < -0.4 is 0 Å². The zero-order valence-electron chi connectivity index (χ0n) is 17.4. The van der Waals surface area contributed by atoms with Crippen molar-refractivity contribution in [3.05, 3.63) is 39.2 Å². The van der Waals surface area contributed by atoms with E-state index in [0.717, 1.165) is 0 Å². The first-order valence-electron chi connectivity index (χ1n) is 7.60. The van der Waals surface area contributed by atoms with Crippen LogP contribution in [-0.2, 0) is 42.9 Å². The van der Waals surface area contributed by atoms with Gasteiger partial charge >= 0.3 is 39.2 Å². The van der Waals surface area contributed by atoms with Crippen molar-refractivity contribution < 1.29 is 52.5 Å². The molecule has 0 radical (unpaired) electrons. The molecule has 162 valence electrons. The maximum Gasteiger partial charge on any atom is 2.00 e. The normalized spacial score (nSPS) is 14.3. The number of hydrogen-bond donors (Lipinski definition) is 2. The van der Waals surface area contributed by atoms with Crippen LogP contribution in [0.15, 0.2) is 24.3 Å². The Morgan fingerprint density at radius 3 is 0.962 bits per heavy atom. The van der Waals surface area contributed by atoms with E-state index in [2.05, 4.69) is 42.0 Å². The molecule has 0 amide bonds. The molecule has 0 aliphatic heterocycles.